The highest BCUT2D eigenvalue weighted by atomic mass is 32.2. The number of anilines is 1. The number of hydrogen-bond donors (Lipinski definition) is 2. The summed E-state index contributed by atoms with van der Waals surface area (Å²) in [5.74, 6) is -0.114. The van der Waals surface area contributed by atoms with Gasteiger partial charge in [-0.1, -0.05) is 11.3 Å². The van der Waals surface area contributed by atoms with E-state index in [2.05, 4.69) is 0 Å². The number of nitrogens with two attached hydrogens (primary N) is 1. The van der Waals surface area contributed by atoms with Gasteiger partial charge in [-0.3, -0.25) is 10.1 Å². The summed E-state index contributed by atoms with van der Waals surface area (Å²) < 4.78 is 25.8. The van der Waals surface area contributed by atoms with Crippen LogP contribution in [0.2, 0.25) is 0 Å². The molecule has 0 aromatic carbocycles. The number of aliphatic hydroxyl groups excluding tert-OH is 1. The van der Waals surface area contributed by atoms with Crippen molar-refractivity contribution < 1.29 is 18.4 Å². The fourth-order valence-electron chi connectivity index (χ4n) is 2.14. The molecule has 0 spiro atoms. The first-order chi connectivity index (χ1) is 9.23. The highest BCUT2D eigenvalue weighted by Gasteiger charge is 2.36. The third-order valence-corrected chi connectivity index (χ3v) is 6.65. The van der Waals surface area contributed by atoms with Crippen LogP contribution < -0.4 is 5.73 Å². The summed E-state index contributed by atoms with van der Waals surface area (Å²) in [5, 5.41) is 20.1. The van der Waals surface area contributed by atoms with Crippen LogP contribution in [-0.4, -0.2) is 41.9 Å². The van der Waals surface area contributed by atoms with Gasteiger partial charge in [-0.15, -0.1) is 0 Å². The number of aliphatic hydroxyl groups is 1. The molecule has 10 heteroatoms. The van der Waals surface area contributed by atoms with E-state index in [9.17, 15) is 23.6 Å². The lowest BCUT2D eigenvalue weighted by atomic mass is 10.0. The smallest absolute Gasteiger partial charge is 0.304 e. The van der Waals surface area contributed by atoms with Crippen LogP contribution >= 0.6 is 11.3 Å². The molecule has 2 atom stereocenters. The Balaban J connectivity index is 2.28. The molecule has 112 valence electrons. The van der Waals surface area contributed by atoms with Crippen LogP contribution in [0.15, 0.2) is 10.3 Å². The van der Waals surface area contributed by atoms with Gasteiger partial charge >= 0.3 is 5.69 Å². The molecule has 0 aliphatic carbocycles. The molecule has 1 fully saturated rings. The average molecular weight is 321 g/mol. The van der Waals surface area contributed by atoms with E-state index in [-0.39, 0.29) is 27.4 Å². The number of nitro groups is 1. The van der Waals surface area contributed by atoms with Crippen molar-refractivity contribution >= 4 is 32.0 Å². The number of nitrogen functional groups attached to an aromatic ring is 1. The standard InChI is InChI=1S/C10H15N3O5S2/c1-6(14)7-2-3-12(5-7)20(17,18)9-4-8(13(15)16)10(11)19-9/h4,6-7,14H,2-3,5,11H2,1H3. The Morgan fingerprint density at radius 3 is 2.75 bits per heavy atom. The van der Waals surface area contributed by atoms with Crippen LogP contribution in [0.25, 0.3) is 0 Å². The zero-order valence-electron chi connectivity index (χ0n) is 10.7. The SMILES string of the molecule is CC(O)C1CCN(S(=O)(=O)c2cc([N+](=O)[O-])c(N)s2)C1. The van der Waals surface area contributed by atoms with Crippen molar-refractivity contribution in [2.75, 3.05) is 18.8 Å². The maximum absolute atomic E-state index is 12.4. The molecule has 20 heavy (non-hydrogen) atoms. The van der Waals surface area contributed by atoms with Gasteiger partial charge in [0.05, 0.1) is 11.0 Å². The summed E-state index contributed by atoms with van der Waals surface area (Å²) in [7, 11) is -3.78. The Morgan fingerprint density at radius 2 is 2.30 bits per heavy atom. The second-order valence-corrected chi connectivity index (χ2v) is 7.97. The first-order valence-electron chi connectivity index (χ1n) is 5.95. The van der Waals surface area contributed by atoms with E-state index in [0.29, 0.717) is 24.3 Å². The van der Waals surface area contributed by atoms with Gasteiger partial charge in [0.1, 0.15) is 4.21 Å². The van der Waals surface area contributed by atoms with Gasteiger partial charge in [-0.2, -0.15) is 4.31 Å². The summed E-state index contributed by atoms with van der Waals surface area (Å²) in [6.45, 7) is 2.13. The molecule has 1 aromatic heterocycles. The summed E-state index contributed by atoms with van der Waals surface area (Å²) in [5.41, 5.74) is 5.08. The first kappa shape index (κ1) is 15.2. The fourth-order valence-corrected chi connectivity index (χ4v) is 5.02. The van der Waals surface area contributed by atoms with Gasteiger partial charge in [0, 0.05) is 19.2 Å². The first-order valence-corrected chi connectivity index (χ1v) is 8.21. The molecule has 0 saturated carbocycles. The Labute approximate surface area is 120 Å². The molecule has 1 aromatic rings. The lowest BCUT2D eigenvalue weighted by Gasteiger charge is -2.16. The van der Waals surface area contributed by atoms with Gasteiger partial charge in [0.15, 0.2) is 5.00 Å². The van der Waals surface area contributed by atoms with Gasteiger partial charge in [0.2, 0.25) is 0 Å². The molecular weight excluding hydrogens is 306 g/mol. The summed E-state index contributed by atoms with van der Waals surface area (Å²) in [6, 6.07) is 0.991. The minimum atomic E-state index is -3.78. The second-order valence-electron chi connectivity index (χ2n) is 4.72. The topological polar surface area (TPSA) is 127 Å². The lowest BCUT2D eigenvalue weighted by molar-refractivity contribution is -0.383. The minimum absolute atomic E-state index is 0.114. The Morgan fingerprint density at radius 1 is 1.65 bits per heavy atom. The van der Waals surface area contributed by atoms with Gasteiger partial charge in [-0.05, 0) is 19.3 Å². The van der Waals surface area contributed by atoms with Crippen LogP contribution in [0.5, 0.6) is 0 Å². The second kappa shape index (κ2) is 5.28. The van der Waals surface area contributed by atoms with Crippen LogP contribution in [0, 0.1) is 16.0 Å². The number of sulfonamides is 1. The molecule has 8 nitrogen and oxygen atoms in total. The number of rotatable bonds is 4. The van der Waals surface area contributed by atoms with E-state index in [4.69, 9.17) is 5.73 Å². The molecule has 2 heterocycles. The summed E-state index contributed by atoms with van der Waals surface area (Å²) >= 11 is 0.690. The molecule has 0 amide bonds. The highest BCUT2D eigenvalue weighted by molar-refractivity contribution is 7.91. The maximum Gasteiger partial charge on any atom is 0.304 e. The van der Waals surface area contributed by atoms with Crippen molar-refractivity contribution in [2.45, 2.75) is 23.7 Å². The molecule has 0 radical (unpaired) electrons. The van der Waals surface area contributed by atoms with Crippen LogP contribution in [0.4, 0.5) is 10.7 Å². The molecule has 1 saturated heterocycles. The van der Waals surface area contributed by atoms with E-state index in [1.54, 1.807) is 6.92 Å². The van der Waals surface area contributed by atoms with Crippen molar-refractivity contribution in [1.29, 1.82) is 0 Å². The summed E-state index contributed by atoms with van der Waals surface area (Å²) in [4.78, 5) is 10.0. The highest BCUT2D eigenvalue weighted by Crippen LogP contribution is 2.37. The van der Waals surface area contributed by atoms with E-state index in [1.807, 2.05) is 0 Å². The Hall–Kier alpha value is -1.23. The minimum Gasteiger partial charge on any atom is -0.393 e. The van der Waals surface area contributed by atoms with Crippen LogP contribution in [0.1, 0.15) is 13.3 Å². The third kappa shape index (κ3) is 2.64. The van der Waals surface area contributed by atoms with Gasteiger partial charge in [-0.25, -0.2) is 8.42 Å². The van der Waals surface area contributed by atoms with E-state index < -0.39 is 21.1 Å². The molecule has 2 unspecified atom stereocenters. The number of hydrogen-bond acceptors (Lipinski definition) is 7. The Kier molecular flexibility index (Phi) is 4.00. The van der Waals surface area contributed by atoms with Crippen molar-refractivity contribution in [1.82, 2.24) is 4.31 Å². The quantitative estimate of drug-likeness (QED) is 0.618. The zero-order valence-corrected chi connectivity index (χ0v) is 12.4. The van der Waals surface area contributed by atoms with Crippen molar-refractivity contribution in [2.24, 2.45) is 5.92 Å². The molecule has 2 rings (SSSR count). The number of nitrogens with zero attached hydrogens (tertiary/aromatic N) is 2. The Bertz CT molecular complexity index is 625. The predicted molar refractivity (Wildman–Crippen MR) is 73.9 cm³/mol. The monoisotopic (exact) mass is 321 g/mol. The molecular formula is C10H15N3O5S2. The number of thiophene rings is 1. The largest absolute Gasteiger partial charge is 0.393 e. The molecule has 3 N–H and O–H groups in total. The van der Waals surface area contributed by atoms with E-state index in [1.165, 1.54) is 4.31 Å². The average Bonchev–Trinajstić information content (AvgIpc) is 2.94. The maximum atomic E-state index is 12.4. The summed E-state index contributed by atoms with van der Waals surface area (Å²) in [6.07, 6.45) is -0.0159. The normalized spacial score (nSPS) is 22.0. The predicted octanol–water partition coefficient (Wildman–Crippen LogP) is 0.630. The van der Waals surface area contributed by atoms with Crippen molar-refractivity contribution in [3.8, 4) is 0 Å². The van der Waals surface area contributed by atoms with Gasteiger partial charge < -0.3 is 10.8 Å². The molecule has 1 aliphatic heterocycles. The zero-order chi connectivity index (χ0) is 15.1. The van der Waals surface area contributed by atoms with Crippen LogP contribution in [0.3, 0.4) is 0 Å². The van der Waals surface area contributed by atoms with E-state index >= 15 is 0 Å². The van der Waals surface area contributed by atoms with Gasteiger partial charge in [0.25, 0.3) is 10.0 Å². The lowest BCUT2D eigenvalue weighted by Crippen LogP contribution is -2.30. The van der Waals surface area contributed by atoms with Crippen LogP contribution in [-0.2, 0) is 10.0 Å². The third-order valence-electron chi connectivity index (χ3n) is 3.38. The molecule has 1 aliphatic rings. The fraction of sp³-hybridized carbons (Fsp3) is 0.600. The van der Waals surface area contributed by atoms with E-state index in [0.717, 1.165) is 6.07 Å². The molecule has 0 bridgehead atoms. The van der Waals surface area contributed by atoms with Crippen molar-refractivity contribution in [3.05, 3.63) is 16.2 Å². The van der Waals surface area contributed by atoms with Crippen molar-refractivity contribution in [3.63, 3.8) is 0 Å².